The monoisotopic (exact) mass is 404 g/mol. The Morgan fingerprint density at radius 1 is 0.840 bits per heavy atom. The highest BCUT2D eigenvalue weighted by atomic mass is 79.9. The molecule has 3 rings (SSSR count). The van der Waals surface area contributed by atoms with Crippen molar-refractivity contribution in [3.8, 4) is 5.75 Å². The number of hydrogen-bond acceptors (Lipinski definition) is 1. The Labute approximate surface area is 166 Å². The number of benzene rings is 3. The van der Waals surface area contributed by atoms with Gasteiger partial charge in [0.1, 0.15) is 12.4 Å². The number of aryl methyl sites for hydroxylation is 3. The third kappa shape index (κ3) is 5.60. The van der Waals surface area contributed by atoms with Crippen LogP contribution in [0.4, 0.5) is 0 Å². The number of halogens is 1. The molecular formula is C22H21BrMgO. The van der Waals surface area contributed by atoms with Gasteiger partial charge in [0.25, 0.3) is 0 Å². The van der Waals surface area contributed by atoms with Crippen LogP contribution in [0.5, 0.6) is 5.75 Å². The van der Waals surface area contributed by atoms with Crippen molar-refractivity contribution in [2.24, 2.45) is 0 Å². The van der Waals surface area contributed by atoms with Gasteiger partial charge in [-0.2, -0.15) is 3.69 Å². The van der Waals surface area contributed by atoms with E-state index in [1.54, 1.807) is 0 Å². The van der Waals surface area contributed by atoms with Gasteiger partial charge in [-0.3, -0.25) is 12.9 Å². The zero-order chi connectivity index (χ0) is 17.5. The van der Waals surface area contributed by atoms with Crippen LogP contribution in [0.15, 0.2) is 72.8 Å². The van der Waals surface area contributed by atoms with Gasteiger partial charge in [-0.05, 0) is 54.2 Å². The number of rotatable bonds is 7. The van der Waals surface area contributed by atoms with Crippen molar-refractivity contribution in [3.05, 3.63) is 95.1 Å². The SMILES string of the molecule is Cc1cc[c]([Mg][Br])cc1CCc1ccc(OCc2ccccc2)cc1. The maximum Gasteiger partial charge on any atom is 0.506 e. The largest absolute Gasteiger partial charge is 0.506 e. The zero-order valence-electron chi connectivity index (χ0n) is 14.5. The summed E-state index contributed by atoms with van der Waals surface area (Å²) < 4.78 is 7.34. The van der Waals surface area contributed by atoms with Crippen molar-refractivity contribution in [3.63, 3.8) is 0 Å². The average Bonchev–Trinajstić information content (AvgIpc) is 2.67. The summed E-state index contributed by atoms with van der Waals surface area (Å²) in [6.07, 6.45) is 2.15. The minimum atomic E-state index is -0.264. The Hall–Kier alpha value is -1.29. The summed E-state index contributed by atoms with van der Waals surface area (Å²) in [5.74, 6) is 0.927. The van der Waals surface area contributed by atoms with Crippen molar-refractivity contribution in [2.75, 3.05) is 0 Å². The van der Waals surface area contributed by atoms with Gasteiger partial charge in [-0.1, -0.05) is 60.7 Å². The molecule has 124 valence electrons. The highest BCUT2D eigenvalue weighted by Crippen LogP contribution is 2.16. The van der Waals surface area contributed by atoms with Crippen LogP contribution in [0.3, 0.4) is 0 Å². The van der Waals surface area contributed by atoms with Crippen LogP contribution in [-0.2, 0) is 19.4 Å². The van der Waals surface area contributed by atoms with Gasteiger partial charge in [-0.15, -0.1) is 0 Å². The van der Waals surface area contributed by atoms with Crippen LogP contribution < -0.4 is 8.43 Å². The molecule has 25 heavy (non-hydrogen) atoms. The molecule has 3 heteroatoms. The topological polar surface area (TPSA) is 9.23 Å². The Morgan fingerprint density at radius 3 is 2.32 bits per heavy atom. The first-order chi connectivity index (χ1) is 12.2. The van der Waals surface area contributed by atoms with E-state index in [2.05, 4.69) is 74.4 Å². The Bertz CT molecular complexity index is 800. The fourth-order valence-electron chi connectivity index (χ4n) is 2.85. The van der Waals surface area contributed by atoms with Gasteiger partial charge in [0.05, 0.1) is 0 Å². The first-order valence-electron chi connectivity index (χ1n) is 8.64. The van der Waals surface area contributed by atoms with Crippen LogP contribution in [0, 0.1) is 6.92 Å². The molecule has 0 aromatic heterocycles. The molecule has 0 saturated heterocycles. The first kappa shape index (κ1) is 18.5. The first-order valence-corrected chi connectivity index (χ1v) is 13.3. The van der Waals surface area contributed by atoms with Crippen LogP contribution in [0.25, 0.3) is 0 Å². The van der Waals surface area contributed by atoms with Crippen LogP contribution in [-0.4, -0.2) is 18.2 Å². The standard InChI is InChI=1S/C22H21O.BrH.Mg/c1-18-7-5-6-10-21(18)14-11-19-12-15-22(16-13-19)23-17-20-8-3-2-4-9-20;;/h2-5,7-10,12-13,15-16H,11,14,17H2,1H3;1H;/q;;+1/p-1. The predicted octanol–water partition coefficient (Wildman–Crippen LogP) is 5.00. The molecule has 1 nitrogen and oxygen atoms in total. The summed E-state index contributed by atoms with van der Waals surface area (Å²) in [6.45, 7) is 2.82. The molecule has 0 N–H and O–H groups in total. The summed E-state index contributed by atoms with van der Waals surface area (Å²) in [6, 6.07) is 25.6. The molecule has 0 aliphatic carbocycles. The summed E-state index contributed by atoms with van der Waals surface area (Å²) in [5.41, 5.74) is 5.40. The van der Waals surface area contributed by atoms with E-state index >= 15 is 0 Å². The van der Waals surface area contributed by atoms with E-state index < -0.39 is 0 Å². The lowest BCUT2D eigenvalue weighted by molar-refractivity contribution is 0.306. The van der Waals surface area contributed by atoms with E-state index in [1.807, 2.05) is 18.2 Å². The van der Waals surface area contributed by atoms with E-state index in [4.69, 9.17) is 4.74 Å². The van der Waals surface area contributed by atoms with Gasteiger partial charge in [0.15, 0.2) is 0 Å². The van der Waals surface area contributed by atoms with E-state index in [0.717, 1.165) is 18.6 Å². The Balaban J connectivity index is 1.56. The second-order valence-electron chi connectivity index (χ2n) is 6.31. The van der Waals surface area contributed by atoms with Gasteiger partial charge in [0, 0.05) is 0 Å². The molecule has 0 amide bonds. The summed E-state index contributed by atoms with van der Waals surface area (Å²) in [4.78, 5) is 0. The molecular weight excluding hydrogens is 384 g/mol. The molecule has 0 bridgehead atoms. The minimum absolute atomic E-state index is 0.264. The maximum absolute atomic E-state index is 5.86. The second kappa shape index (κ2) is 9.42. The maximum atomic E-state index is 5.86. The van der Waals surface area contributed by atoms with E-state index in [1.165, 1.54) is 25.9 Å². The second-order valence-corrected chi connectivity index (χ2v) is 9.08. The van der Waals surface area contributed by atoms with Crippen molar-refractivity contribution in [1.29, 1.82) is 0 Å². The molecule has 3 aromatic rings. The molecule has 0 spiro atoms. The molecule has 0 fully saturated rings. The molecule has 0 aliphatic heterocycles. The predicted molar refractivity (Wildman–Crippen MR) is 110 cm³/mol. The third-order valence-electron chi connectivity index (χ3n) is 4.42. The fraction of sp³-hybridized carbons (Fsp3) is 0.182. The van der Waals surface area contributed by atoms with Gasteiger partial charge >= 0.3 is 18.2 Å². The van der Waals surface area contributed by atoms with Crippen molar-refractivity contribution >= 4 is 34.8 Å². The Kier molecular flexibility index (Phi) is 6.97. The molecule has 0 heterocycles. The normalized spacial score (nSPS) is 10.3. The Morgan fingerprint density at radius 2 is 1.60 bits per heavy atom. The van der Waals surface area contributed by atoms with Gasteiger partial charge < -0.3 is 4.74 Å². The summed E-state index contributed by atoms with van der Waals surface area (Å²) in [7, 11) is 0. The lowest BCUT2D eigenvalue weighted by Gasteiger charge is -2.10. The molecule has 0 saturated carbocycles. The van der Waals surface area contributed by atoms with Crippen LogP contribution in [0.2, 0.25) is 0 Å². The van der Waals surface area contributed by atoms with Crippen LogP contribution in [0.1, 0.15) is 22.3 Å². The van der Waals surface area contributed by atoms with E-state index in [9.17, 15) is 0 Å². The van der Waals surface area contributed by atoms with Crippen molar-refractivity contribution < 1.29 is 4.74 Å². The minimum Gasteiger partial charge on any atom is -0.489 e. The highest BCUT2D eigenvalue weighted by Gasteiger charge is 2.03. The molecule has 0 atom stereocenters. The summed E-state index contributed by atoms with van der Waals surface area (Å²) in [5, 5.41) is 0. The van der Waals surface area contributed by atoms with Gasteiger partial charge in [-0.25, -0.2) is 0 Å². The summed E-state index contributed by atoms with van der Waals surface area (Å²) >= 11 is 3.41. The fourth-order valence-corrected chi connectivity index (χ4v) is 4.43. The average molecular weight is 406 g/mol. The van der Waals surface area contributed by atoms with Crippen molar-refractivity contribution in [2.45, 2.75) is 26.4 Å². The van der Waals surface area contributed by atoms with Gasteiger partial charge in [0.2, 0.25) is 0 Å². The highest BCUT2D eigenvalue weighted by molar-refractivity contribution is 9.23. The number of hydrogen-bond donors (Lipinski definition) is 0. The lowest BCUT2D eigenvalue weighted by Crippen LogP contribution is -2.10. The molecule has 0 radical (unpaired) electrons. The molecule has 0 unspecified atom stereocenters. The van der Waals surface area contributed by atoms with Crippen molar-refractivity contribution in [1.82, 2.24) is 0 Å². The van der Waals surface area contributed by atoms with Crippen LogP contribution >= 0.6 is 12.9 Å². The lowest BCUT2D eigenvalue weighted by atomic mass is 10.0. The zero-order valence-corrected chi connectivity index (χ0v) is 17.5. The third-order valence-corrected chi connectivity index (χ3v) is 7.11. The molecule has 0 aliphatic rings. The van der Waals surface area contributed by atoms with E-state index in [0.29, 0.717) is 6.61 Å². The number of ether oxygens (including phenoxy) is 1. The quantitative estimate of drug-likeness (QED) is 0.503. The smallest absolute Gasteiger partial charge is 0.489 e. The van der Waals surface area contributed by atoms with E-state index in [-0.39, 0.29) is 18.2 Å². The molecule has 3 aromatic carbocycles.